The van der Waals surface area contributed by atoms with Gasteiger partial charge in [-0.25, -0.2) is 0 Å². The molecule has 0 aromatic heterocycles. The Labute approximate surface area is 169 Å². The Hall–Kier alpha value is -2.50. The van der Waals surface area contributed by atoms with E-state index in [1.807, 2.05) is 31.2 Å². The van der Waals surface area contributed by atoms with Crippen LogP contribution in [0.2, 0.25) is 0 Å². The second-order valence-electron chi connectivity index (χ2n) is 7.60. The molecule has 0 saturated heterocycles. The van der Waals surface area contributed by atoms with E-state index >= 15 is 0 Å². The van der Waals surface area contributed by atoms with Crippen molar-refractivity contribution in [3.8, 4) is 5.75 Å². The van der Waals surface area contributed by atoms with Crippen LogP contribution in [0.4, 0.5) is 18.9 Å². The normalized spacial score (nSPS) is 16.3. The molecule has 6 heteroatoms. The van der Waals surface area contributed by atoms with Gasteiger partial charge in [0.1, 0.15) is 5.75 Å². The molecule has 0 radical (unpaired) electrons. The number of hydrogen-bond donors (Lipinski definition) is 1. The minimum Gasteiger partial charge on any atom is -0.493 e. The van der Waals surface area contributed by atoms with Gasteiger partial charge in [-0.2, -0.15) is 13.2 Å². The smallest absolute Gasteiger partial charge is 0.420 e. The number of benzene rings is 2. The lowest BCUT2D eigenvalue weighted by atomic mass is 9.68. The van der Waals surface area contributed by atoms with Crippen molar-refractivity contribution in [3.05, 3.63) is 59.2 Å². The van der Waals surface area contributed by atoms with E-state index < -0.39 is 17.2 Å². The van der Waals surface area contributed by atoms with Gasteiger partial charge in [0, 0.05) is 5.69 Å². The second kappa shape index (κ2) is 8.47. The first-order valence-electron chi connectivity index (χ1n) is 9.99. The Bertz CT molecular complexity index is 853. The van der Waals surface area contributed by atoms with Gasteiger partial charge in [-0.15, -0.1) is 0 Å². The average molecular weight is 405 g/mol. The first kappa shape index (κ1) is 21.2. The van der Waals surface area contributed by atoms with Crippen molar-refractivity contribution in [2.75, 3.05) is 11.9 Å². The predicted octanol–water partition coefficient (Wildman–Crippen LogP) is 6.25. The van der Waals surface area contributed by atoms with Crippen LogP contribution in [0.15, 0.2) is 42.5 Å². The van der Waals surface area contributed by atoms with E-state index in [1.54, 1.807) is 6.92 Å². The summed E-state index contributed by atoms with van der Waals surface area (Å²) in [7, 11) is 0. The van der Waals surface area contributed by atoms with Crippen LogP contribution in [0.5, 0.6) is 5.75 Å². The number of nitrogens with one attached hydrogen (secondary N) is 1. The van der Waals surface area contributed by atoms with Crippen molar-refractivity contribution < 1.29 is 22.7 Å². The van der Waals surface area contributed by atoms with Gasteiger partial charge < -0.3 is 10.1 Å². The van der Waals surface area contributed by atoms with E-state index in [1.165, 1.54) is 12.1 Å². The van der Waals surface area contributed by atoms with E-state index in [0.717, 1.165) is 36.5 Å². The molecule has 0 aliphatic heterocycles. The summed E-state index contributed by atoms with van der Waals surface area (Å²) in [6.07, 6.45) is -0.306. The van der Waals surface area contributed by atoms with Gasteiger partial charge in [-0.05, 0) is 50.5 Å². The number of halogens is 3. The first-order valence-corrected chi connectivity index (χ1v) is 9.99. The number of rotatable bonds is 5. The van der Waals surface area contributed by atoms with Crippen LogP contribution in [-0.4, -0.2) is 12.5 Å². The minimum absolute atomic E-state index is 0.128. The topological polar surface area (TPSA) is 38.3 Å². The number of ether oxygens (including phenoxy) is 1. The van der Waals surface area contributed by atoms with E-state index in [0.29, 0.717) is 12.8 Å². The zero-order valence-corrected chi connectivity index (χ0v) is 16.7. The summed E-state index contributed by atoms with van der Waals surface area (Å²) in [4.78, 5) is 13.3. The number of carbonyl (C=O) groups is 1. The Kier molecular flexibility index (Phi) is 6.20. The monoisotopic (exact) mass is 405 g/mol. The van der Waals surface area contributed by atoms with Crippen LogP contribution < -0.4 is 10.1 Å². The van der Waals surface area contributed by atoms with Crippen molar-refractivity contribution >= 4 is 11.6 Å². The van der Waals surface area contributed by atoms with Crippen LogP contribution in [-0.2, 0) is 16.4 Å². The minimum atomic E-state index is -4.56. The lowest BCUT2D eigenvalue weighted by molar-refractivity contribution is -0.139. The highest BCUT2D eigenvalue weighted by Gasteiger charge is 2.41. The molecule has 3 nitrogen and oxygen atoms in total. The lowest BCUT2D eigenvalue weighted by Crippen LogP contribution is -2.42. The summed E-state index contributed by atoms with van der Waals surface area (Å²) in [6.45, 7) is 3.74. The highest BCUT2D eigenvalue weighted by atomic mass is 19.4. The third kappa shape index (κ3) is 4.57. The molecule has 1 saturated carbocycles. The van der Waals surface area contributed by atoms with Crippen LogP contribution in [0.1, 0.15) is 55.7 Å². The first-order chi connectivity index (χ1) is 13.8. The molecular formula is C23H26F3NO2. The van der Waals surface area contributed by atoms with Crippen molar-refractivity contribution in [1.29, 1.82) is 0 Å². The van der Waals surface area contributed by atoms with E-state index in [2.05, 4.69) is 5.32 Å². The number of aryl methyl sites for hydroxylation is 1. The summed E-state index contributed by atoms with van der Waals surface area (Å²) < 4.78 is 45.4. The summed E-state index contributed by atoms with van der Waals surface area (Å²) in [5, 5.41) is 2.75. The van der Waals surface area contributed by atoms with Gasteiger partial charge in [0.15, 0.2) is 0 Å². The molecule has 1 aliphatic rings. The molecule has 2 aromatic rings. The van der Waals surface area contributed by atoms with Crippen LogP contribution in [0, 0.1) is 6.92 Å². The Morgan fingerprint density at radius 3 is 2.31 bits per heavy atom. The molecule has 0 unspecified atom stereocenters. The molecule has 29 heavy (non-hydrogen) atoms. The maximum atomic E-state index is 13.4. The Balaban J connectivity index is 1.93. The molecule has 3 rings (SSSR count). The third-order valence-corrected chi connectivity index (χ3v) is 5.59. The van der Waals surface area contributed by atoms with Gasteiger partial charge in [-0.3, -0.25) is 4.79 Å². The molecule has 1 fully saturated rings. The van der Waals surface area contributed by atoms with Crippen molar-refractivity contribution in [2.45, 2.75) is 57.5 Å². The summed E-state index contributed by atoms with van der Waals surface area (Å²) >= 11 is 0. The highest BCUT2D eigenvalue weighted by molar-refractivity contribution is 5.99. The third-order valence-electron chi connectivity index (χ3n) is 5.59. The molecule has 0 heterocycles. The Morgan fingerprint density at radius 1 is 1.07 bits per heavy atom. The van der Waals surface area contributed by atoms with Gasteiger partial charge in [0.05, 0.1) is 17.6 Å². The van der Waals surface area contributed by atoms with E-state index in [4.69, 9.17) is 4.74 Å². The zero-order valence-electron chi connectivity index (χ0n) is 16.7. The average Bonchev–Trinajstić information content (AvgIpc) is 2.69. The number of hydrogen-bond acceptors (Lipinski definition) is 2. The number of anilines is 1. The lowest BCUT2D eigenvalue weighted by Gasteiger charge is -2.36. The maximum absolute atomic E-state index is 13.4. The molecule has 0 atom stereocenters. The molecular weight excluding hydrogens is 379 g/mol. The maximum Gasteiger partial charge on any atom is 0.420 e. The van der Waals surface area contributed by atoms with Crippen LogP contribution >= 0.6 is 0 Å². The Morgan fingerprint density at radius 2 is 1.72 bits per heavy atom. The molecule has 0 spiro atoms. The van der Waals surface area contributed by atoms with Crippen LogP contribution in [0.25, 0.3) is 0 Å². The standard InChI is InChI=1S/C23H26F3NO2/c1-3-29-20-12-11-18(15-19(20)23(24,25)26)27-21(28)22(13-5-4-6-14-22)17-9-7-16(2)8-10-17/h7-12,15H,3-6,13-14H2,1-2H3,(H,27,28). The SMILES string of the molecule is CCOc1ccc(NC(=O)C2(c3ccc(C)cc3)CCCCC2)cc1C(F)(F)F. The van der Waals surface area contributed by atoms with Crippen molar-refractivity contribution in [3.63, 3.8) is 0 Å². The zero-order chi connectivity index (χ0) is 21.1. The van der Waals surface area contributed by atoms with Gasteiger partial charge >= 0.3 is 6.18 Å². The van der Waals surface area contributed by atoms with Crippen molar-refractivity contribution in [1.82, 2.24) is 0 Å². The van der Waals surface area contributed by atoms with Crippen LogP contribution in [0.3, 0.4) is 0 Å². The quantitative estimate of drug-likeness (QED) is 0.638. The van der Waals surface area contributed by atoms with E-state index in [-0.39, 0.29) is 24.0 Å². The summed E-state index contributed by atoms with van der Waals surface area (Å²) in [6, 6.07) is 11.5. The fourth-order valence-electron chi connectivity index (χ4n) is 4.04. The molecule has 1 amide bonds. The van der Waals surface area contributed by atoms with E-state index in [9.17, 15) is 18.0 Å². The fraction of sp³-hybridized carbons (Fsp3) is 0.435. The molecule has 1 aliphatic carbocycles. The van der Waals surface area contributed by atoms with Gasteiger partial charge in [0.25, 0.3) is 0 Å². The molecule has 156 valence electrons. The summed E-state index contributed by atoms with van der Waals surface area (Å²) in [5.41, 5.74) is 0.542. The largest absolute Gasteiger partial charge is 0.493 e. The predicted molar refractivity (Wildman–Crippen MR) is 107 cm³/mol. The fourth-order valence-corrected chi connectivity index (χ4v) is 4.04. The molecule has 0 bridgehead atoms. The second-order valence-corrected chi connectivity index (χ2v) is 7.60. The van der Waals surface area contributed by atoms with Gasteiger partial charge in [-0.1, -0.05) is 49.1 Å². The molecule has 1 N–H and O–H groups in total. The number of amides is 1. The number of carbonyl (C=O) groups excluding carboxylic acids is 1. The number of alkyl halides is 3. The highest BCUT2D eigenvalue weighted by Crippen LogP contribution is 2.42. The van der Waals surface area contributed by atoms with Gasteiger partial charge in [0.2, 0.25) is 5.91 Å². The van der Waals surface area contributed by atoms with Crippen molar-refractivity contribution in [2.24, 2.45) is 0 Å². The molecule has 2 aromatic carbocycles. The summed E-state index contributed by atoms with van der Waals surface area (Å²) in [5.74, 6) is -0.484.